The lowest BCUT2D eigenvalue weighted by atomic mass is 10.1. The van der Waals surface area contributed by atoms with E-state index in [1.807, 2.05) is 78.6 Å². The first kappa shape index (κ1) is 25.6. The molecular formula is C31H28N6O2. The summed E-state index contributed by atoms with van der Waals surface area (Å²) in [6.45, 7) is 8.14. The van der Waals surface area contributed by atoms with Crippen molar-refractivity contribution in [3.63, 3.8) is 0 Å². The Morgan fingerprint density at radius 2 is 1.90 bits per heavy atom. The summed E-state index contributed by atoms with van der Waals surface area (Å²) in [5, 5.41) is 8.03. The fourth-order valence-electron chi connectivity index (χ4n) is 4.14. The van der Waals surface area contributed by atoms with Crippen molar-refractivity contribution in [2.75, 3.05) is 31.6 Å². The summed E-state index contributed by atoms with van der Waals surface area (Å²) in [4.78, 5) is 23.3. The normalized spacial score (nSPS) is 14.0. The number of nitrogens with one attached hydrogen (secondary N) is 1. The molecule has 1 aromatic carbocycles. The molecule has 3 aromatic heterocycles. The summed E-state index contributed by atoms with van der Waals surface area (Å²) in [5.41, 5.74) is 5.33. The van der Waals surface area contributed by atoms with E-state index in [1.54, 1.807) is 23.0 Å². The lowest BCUT2D eigenvalue weighted by molar-refractivity contribution is 0.0303. The van der Waals surface area contributed by atoms with Crippen LogP contribution in [0.15, 0.2) is 103 Å². The largest absolute Gasteiger partial charge is 0.378 e. The first-order valence-electron chi connectivity index (χ1n) is 12.6. The third kappa shape index (κ3) is 6.29. The summed E-state index contributed by atoms with van der Waals surface area (Å²) in [5.74, 6) is 7.15. The smallest absolute Gasteiger partial charge is 0.254 e. The van der Waals surface area contributed by atoms with Crippen molar-refractivity contribution in [1.29, 1.82) is 0 Å². The Balaban J connectivity index is 1.36. The standard InChI is InChI=1S/C31H28N6O2/c1-3-6-24(21-23(2)34-29-7-4-5-16-32-29)8-13-27-22-33-30-15-14-28(35-37(27)30)25-9-11-26(12-10-25)31(38)36-17-19-39-20-18-36/h3-7,9-12,14-16,21-22H,1,17-20H2,2H3,(H,32,34)/b23-21+,24-6-. The number of rotatable bonds is 6. The van der Waals surface area contributed by atoms with Crippen LogP contribution in [0.1, 0.15) is 23.0 Å². The SMILES string of the molecule is C=C/C=C(C#Cc1cnc2ccc(-c3ccc(C(=O)N4CCOCC4)cc3)nn12)\C=C(/C)Nc1ccccn1. The highest BCUT2D eigenvalue weighted by Crippen LogP contribution is 2.20. The Morgan fingerprint density at radius 1 is 1.08 bits per heavy atom. The number of amides is 1. The number of ether oxygens (including phenoxy) is 1. The van der Waals surface area contributed by atoms with Crippen LogP contribution in [0.2, 0.25) is 0 Å². The Labute approximate surface area is 227 Å². The number of morpholine rings is 1. The number of hydrogen-bond donors (Lipinski definition) is 1. The molecule has 0 saturated carbocycles. The second-order valence-electron chi connectivity index (χ2n) is 8.89. The highest BCUT2D eigenvalue weighted by atomic mass is 16.5. The fourth-order valence-corrected chi connectivity index (χ4v) is 4.14. The molecule has 4 heterocycles. The van der Waals surface area contributed by atoms with Gasteiger partial charge in [0.05, 0.1) is 25.1 Å². The molecule has 0 unspecified atom stereocenters. The Hall–Kier alpha value is -5.00. The zero-order valence-corrected chi connectivity index (χ0v) is 21.7. The van der Waals surface area contributed by atoms with Crippen molar-refractivity contribution in [2.24, 2.45) is 0 Å². The zero-order valence-electron chi connectivity index (χ0n) is 21.7. The first-order valence-corrected chi connectivity index (χ1v) is 12.6. The van der Waals surface area contributed by atoms with Gasteiger partial charge in [0.25, 0.3) is 5.91 Å². The molecule has 4 aromatic rings. The van der Waals surface area contributed by atoms with Crippen molar-refractivity contribution in [3.8, 4) is 23.1 Å². The van der Waals surface area contributed by atoms with Gasteiger partial charge in [-0.05, 0) is 61.4 Å². The van der Waals surface area contributed by atoms with Gasteiger partial charge in [0.2, 0.25) is 0 Å². The van der Waals surface area contributed by atoms with E-state index in [0.717, 1.165) is 28.3 Å². The molecule has 5 rings (SSSR count). The number of anilines is 1. The maximum Gasteiger partial charge on any atom is 0.254 e. The fraction of sp³-hybridized carbons (Fsp3) is 0.161. The van der Waals surface area contributed by atoms with Gasteiger partial charge in [-0.2, -0.15) is 5.10 Å². The molecule has 1 amide bonds. The number of imidazole rings is 1. The predicted molar refractivity (Wildman–Crippen MR) is 152 cm³/mol. The minimum Gasteiger partial charge on any atom is -0.378 e. The number of carbonyl (C=O) groups excluding carboxylic acids is 1. The van der Waals surface area contributed by atoms with Crippen LogP contribution < -0.4 is 5.32 Å². The van der Waals surface area contributed by atoms with Gasteiger partial charge in [-0.3, -0.25) is 4.79 Å². The first-order chi connectivity index (χ1) is 19.1. The summed E-state index contributed by atoms with van der Waals surface area (Å²) >= 11 is 0. The lowest BCUT2D eigenvalue weighted by Crippen LogP contribution is -2.40. The molecule has 0 atom stereocenters. The van der Waals surface area contributed by atoms with Crippen LogP contribution in [0, 0.1) is 11.8 Å². The number of allylic oxidation sites excluding steroid dienone is 5. The Bertz CT molecular complexity index is 1600. The van der Waals surface area contributed by atoms with Gasteiger partial charge in [0.15, 0.2) is 5.65 Å². The van der Waals surface area contributed by atoms with E-state index >= 15 is 0 Å². The van der Waals surface area contributed by atoms with E-state index in [4.69, 9.17) is 9.84 Å². The third-order valence-corrected chi connectivity index (χ3v) is 6.08. The average molecular weight is 517 g/mol. The quantitative estimate of drug-likeness (QED) is 0.294. The highest BCUT2D eigenvalue weighted by molar-refractivity contribution is 5.94. The molecule has 0 spiro atoms. The van der Waals surface area contributed by atoms with E-state index in [-0.39, 0.29) is 5.91 Å². The molecule has 1 N–H and O–H groups in total. The number of pyridine rings is 1. The second-order valence-corrected chi connectivity index (χ2v) is 8.89. The van der Waals surface area contributed by atoms with E-state index in [9.17, 15) is 4.79 Å². The maximum absolute atomic E-state index is 12.8. The zero-order chi connectivity index (χ0) is 27.0. The van der Waals surface area contributed by atoms with Crippen molar-refractivity contribution < 1.29 is 9.53 Å². The summed E-state index contributed by atoms with van der Waals surface area (Å²) in [6, 6.07) is 17.0. The van der Waals surface area contributed by atoms with Crippen molar-refractivity contribution in [3.05, 3.63) is 114 Å². The van der Waals surface area contributed by atoms with Gasteiger partial charge in [-0.25, -0.2) is 14.5 Å². The third-order valence-electron chi connectivity index (χ3n) is 6.08. The number of nitrogens with zero attached hydrogens (tertiary/aromatic N) is 5. The van der Waals surface area contributed by atoms with Crippen molar-refractivity contribution in [1.82, 2.24) is 24.5 Å². The van der Waals surface area contributed by atoms with Gasteiger partial charge < -0.3 is 15.0 Å². The van der Waals surface area contributed by atoms with E-state index in [1.165, 1.54) is 0 Å². The molecular weight excluding hydrogens is 488 g/mol. The van der Waals surface area contributed by atoms with Gasteiger partial charge in [-0.15, -0.1) is 0 Å². The molecule has 0 bridgehead atoms. The van der Waals surface area contributed by atoms with Crippen LogP contribution in [0.5, 0.6) is 0 Å². The molecule has 1 aliphatic rings. The predicted octanol–water partition coefficient (Wildman–Crippen LogP) is 4.74. The summed E-state index contributed by atoms with van der Waals surface area (Å²) < 4.78 is 7.07. The Morgan fingerprint density at radius 3 is 2.64 bits per heavy atom. The van der Waals surface area contributed by atoms with Gasteiger partial charge in [0, 0.05) is 41.7 Å². The van der Waals surface area contributed by atoms with Crippen LogP contribution in [-0.2, 0) is 4.74 Å². The molecule has 0 radical (unpaired) electrons. The van der Waals surface area contributed by atoms with Gasteiger partial charge in [0.1, 0.15) is 11.5 Å². The van der Waals surface area contributed by atoms with Crippen molar-refractivity contribution in [2.45, 2.75) is 6.92 Å². The number of aromatic nitrogens is 4. The van der Waals surface area contributed by atoms with Crippen LogP contribution in [0.3, 0.4) is 0 Å². The van der Waals surface area contributed by atoms with Crippen LogP contribution in [0.25, 0.3) is 16.9 Å². The molecule has 39 heavy (non-hydrogen) atoms. The van der Waals surface area contributed by atoms with Gasteiger partial charge in [-0.1, -0.05) is 36.8 Å². The highest BCUT2D eigenvalue weighted by Gasteiger charge is 2.18. The van der Waals surface area contributed by atoms with Crippen molar-refractivity contribution >= 4 is 17.4 Å². The maximum atomic E-state index is 12.8. The monoisotopic (exact) mass is 516 g/mol. The number of carbonyl (C=O) groups is 1. The van der Waals surface area contributed by atoms with Crippen LogP contribution in [0.4, 0.5) is 5.82 Å². The number of hydrogen-bond acceptors (Lipinski definition) is 6. The minimum absolute atomic E-state index is 0.0170. The minimum atomic E-state index is 0.0170. The van der Waals surface area contributed by atoms with Crippen LogP contribution >= 0.6 is 0 Å². The number of benzene rings is 1. The topological polar surface area (TPSA) is 84.7 Å². The summed E-state index contributed by atoms with van der Waals surface area (Å²) in [6.07, 6.45) is 8.93. The molecule has 1 aliphatic heterocycles. The molecule has 194 valence electrons. The van der Waals surface area contributed by atoms with Crippen LogP contribution in [-0.4, -0.2) is 56.7 Å². The number of fused-ring (bicyclic) bond motifs is 1. The average Bonchev–Trinajstić information content (AvgIpc) is 3.39. The van der Waals surface area contributed by atoms with E-state index < -0.39 is 0 Å². The lowest BCUT2D eigenvalue weighted by Gasteiger charge is -2.26. The van der Waals surface area contributed by atoms with Gasteiger partial charge >= 0.3 is 0 Å². The molecule has 8 heteroatoms. The molecule has 1 fully saturated rings. The summed E-state index contributed by atoms with van der Waals surface area (Å²) in [7, 11) is 0. The Kier molecular flexibility index (Phi) is 7.91. The molecule has 8 nitrogen and oxygen atoms in total. The molecule has 1 saturated heterocycles. The van der Waals surface area contributed by atoms with E-state index in [2.05, 4.69) is 33.7 Å². The van der Waals surface area contributed by atoms with E-state index in [0.29, 0.717) is 43.2 Å². The second kappa shape index (κ2) is 12.0. The molecule has 0 aliphatic carbocycles.